The maximum absolute atomic E-state index is 13.1. The third kappa shape index (κ3) is 1.86. The summed E-state index contributed by atoms with van der Waals surface area (Å²) in [5, 5.41) is 11.9. The Bertz CT molecular complexity index is 409. The van der Waals surface area contributed by atoms with Gasteiger partial charge in [-0.2, -0.15) is 0 Å². The Labute approximate surface area is 92.0 Å². The molecule has 0 atom stereocenters. The van der Waals surface area contributed by atoms with Gasteiger partial charge in [0.05, 0.1) is 13.2 Å². The minimum atomic E-state index is -1.11. The van der Waals surface area contributed by atoms with Crippen molar-refractivity contribution in [2.45, 2.75) is 12.5 Å². The third-order valence-electron chi connectivity index (χ3n) is 2.53. The highest BCUT2D eigenvalue weighted by atomic mass is 19.1. The highest BCUT2D eigenvalue weighted by Gasteiger charge is 2.46. The van der Waals surface area contributed by atoms with E-state index in [1.807, 2.05) is 0 Å². The van der Waals surface area contributed by atoms with Gasteiger partial charge in [-0.3, -0.25) is 0 Å². The number of carboxylic acids is 1. The molecule has 1 fully saturated rings. The first-order valence-corrected chi connectivity index (χ1v) is 4.88. The summed E-state index contributed by atoms with van der Waals surface area (Å²) in [6.45, 7) is 1.94. The van der Waals surface area contributed by atoms with E-state index in [2.05, 4.69) is 5.32 Å². The lowest BCUT2D eigenvalue weighted by Crippen LogP contribution is -2.61. The van der Waals surface area contributed by atoms with Gasteiger partial charge >= 0.3 is 5.97 Å². The van der Waals surface area contributed by atoms with Crippen LogP contribution in [0.15, 0.2) is 18.2 Å². The summed E-state index contributed by atoms with van der Waals surface area (Å²) >= 11 is 0. The van der Waals surface area contributed by atoms with Crippen LogP contribution in [-0.4, -0.2) is 29.8 Å². The maximum atomic E-state index is 13.1. The number of nitrogens with one attached hydrogen (secondary N) is 1. The van der Waals surface area contributed by atoms with Crippen LogP contribution in [0.1, 0.15) is 5.56 Å². The molecule has 4 nitrogen and oxygen atoms in total. The topological polar surface area (TPSA) is 58.6 Å². The molecule has 0 aromatic heterocycles. The van der Waals surface area contributed by atoms with Crippen LogP contribution < -0.4 is 5.32 Å². The van der Waals surface area contributed by atoms with Crippen LogP contribution in [0, 0.1) is 12.7 Å². The molecule has 1 saturated heterocycles. The van der Waals surface area contributed by atoms with Crippen molar-refractivity contribution in [3.63, 3.8) is 0 Å². The molecule has 0 amide bonds. The first-order valence-electron chi connectivity index (χ1n) is 4.88. The molecule has 2 rings (SSSR count). The summed E-state index contributed by atoms with van der Waals surface area (Å²) in [7, 11) is 0. The van der Waals surface area contributed by atoms with Crippen LogP contribution in [0.25, 0.3) is 0 Å². The molecule has 86 valence electrons. The molecule has 1 aliphatic rings. The first kappa shape index (κ1) is 10.9. The molecular formula is C11H12FNO3. The SMILES string of the molecule is Cc1cc(F)cc(NC2(C(=O)O)COC2)c1. The first-order chi connectivity index (χ1) is 7.52. The number of rotatable bonds is 3. The van der Waals surface area contributed by atoms with Gasteiger partial charge in [0.15, 0.2) is 5.54 Å². The molecule has 0 saturated carbocycles. The highest BCUT2D eigenvalue weighted by Crippen LogP contribution is 2.24. The van der Waals surface area contributed by atoms with Crippen molar-refractivity contribution in [1.82, 2.24) is 0 Å². The number of anilines is 1. The Hall–Kier alpha value is -1.62. The highest BCUT2D eigenvalue weighted by molar-refractivity contribution is 5.84. The van der Waals surface area contributed by atoms with Gasteiger partial charge in [-0.1, -0.05) is 0 Å². The predicted octanol–water partition coefficient (Wildman–Crippen LogP) is 1.40. The summed E-state index contributed by atoms with van der Waals surface area (Å²) in [4.78, 5) is 11.0. The average Bonchev–Trinajstić information content (AvgIpc) is 2.09. The number of carboxylic acid groups (broad SMARTS) is 1. The lowest BCUT2D eigenvalue weighted by molar-refractivity contribution is -0.158. The molecule has 1 aromatic carbocycles. The van der Waals surface area contributed by atoms with Crippen molar-refractivity contribution < 1.29 is 19.0 Å². The molecule has 1 aromatic rings. The number of halogens is 1. The molecule has 0 unspecified atom stereocenters. The van der Waals surface area contributed by atoms with Gasteiger partial charge < -0.3 is 15.2 Å². The fraction of sp³-hybridized carbons (Fsp3) is 0.364. The number of aliphatic carboxylic acids is 1. The fourth-order valence-electron chi connectivity index (χ4n) is 1.64. The Morgan fingerprint density at radius 3 is 2.62 bits per heavy atom. The summed E-state index contributed by atoms with van der Waals surface area (Å²) < 4.78 is 18.0. The second-order valence-corrected chi connectivity index (χ2v) is 4.02. The minimum Gasteiger partial charge on any atom is -0.479 e. The normalized spacial score (nSPS) is 17.6. The Morgan fingerprint density at radius 2 is 2.19 bits per heavy atom. The lowest BCUT2D eigenvalue weighted by atomic mass is 9.97. The fourth-order valence-corrected chi connectivity index (χ4v) is 1.64. The molecule has 5 heteroatoms. The van der Waals surface area contributed by atoms with E-state index in [0.29, 0.717) is 5.69 Å². The van der Waals surface area contributed by atoms with E-state index in [-0.39, 0.29) is 19.0 Å². The molecule has 2 N–H and O–H groups in total. The zero-order chi connectivity index (χ0) is 11.8. The number of benzene rings is 1. The van der Waals surface area contributed by atoms with Crippen LogP contribution >= 0.6 is 0 Å². The lowest BCUT2D eigenvalue weighted by Gasteiger charge is -2.38. The van der Waals surface area contributed by atoms with Crippen molar-refractivity contribution in [1.29, 1.82) is 0 Å². The van der Waals surface area contributed by atoms with Gasteiger partial charge in [-0.15, -0.1) is 0 Å². The number of hydrogen-bond acceptors (Lipinski definition) is 3. The number of ether oxygens (including phenoxy) is 1. The van der Waals surface area contributed by atoms with E-state index in [4.69, 9.17) is 9.84 Å². The van der Waals surface area contributed by atoms with Gasteiger partial charge in [-0.05, 0) is 30.7 Å². The average molecular weight is 225 g/mol. The van der Waals surface area contributed by atoms with Crippen LogP contribution in [0.2, 0.25) is 0 Å². The van der Waals surface area contributed by atoms with Crippen molar-refractivity contribution in [2.75, 3.05) is 18.5 Å². The number of hydrogen-bond donors (Lipinski definition) is 2. The van der Waals surface area contributed by atoms with Gasteiger partial charge in [-0.25, -0.2) is 9.18 Å². The molecule has 0 bridgehead atoms. The van der Waals surface area contributed by atoms with E-state index in [1.54, 1.807) is 13.0 Å². The van der Waals surface area contributed by atoms with Crippen molar-refractivity contribution >= 4 is 11.7 Å². The van der Waals surface area contributed by atoms with E-state index in [9.17, 15) is 9.18 Å². The van der Waals surface area contributed by atoms with Crippen molar-refractivity contribution in [3.8, 4) is 0 Å². The van der Waals surface area contributed by atoms with Crippen LogP contribution in [0.3, 0.4) is 0 Å². The van der Waals surface area contributed by atoms with E-state index in [0.717, 1.165) is 5.56 Å². The van der Waals surface area contributed by atoms with Gasteiger partial charge in [0, 0.05) is 5.69 Å². The molecule has 1 heterocycles. The summed E-state index contributed by atoms with van der Waals surface area (Å²) in [5.41, 5.74) is 0.0896. The van der Waals surface area contributed by atoms with E-state index in [1.165, 1.54) is 12.1 Å². The molecular weight excluding hydrogens is 213 g/mol. The van der Waals surface area contributed by atoms with E-state index < -0.39 is 11.5 Å². The minimum absolute atomic E-state index is 0.0951. The standard InChI is InChI=1S/C11H12FNO3/c1-7-2-8(12)4-9(3-7)13-11(10(14)15)5-16-6-11/h2-4,13H,5-6H2,1H3,(H,14,15). The Balaban J connectivity index is 2.22. The number of aryl methyl sites for hydroxylation is 1. The predicted molar refractivity (Wildman–Crippen MR) is 55.9 cm³/mol. The summed E-state index contributed by atoms with van der Waals surface area (Å²) in [6, 6.07) is 4.36. The Morgan fingerprint density at radius 1 is 1.50 bits per heavy atom. The van der Waals surface area contributed by atoms with Gasteiger partial charge in [0.25, 0.3) is 0 Å². The zero-order valence-corrected chi connectivity index (χ0v) is 8.79. The van der Waals surface area contributed by atoms with E-state index >= 15 is 0 Å². The summed E-state index contributed by atoms with van der Waals surface area (Å²) in [5.74, 6) is -1.37. The quantitative estimate of drug-likeness (QED) is 0.816. The molecule has 1 aliphatic heterocycles. The van der Waals surface area contributed by atoms with Gasteiger partial charge in [0.2, 0.25) is 0 Å². The summed E-state index contributed by atoms with van der Waals surface area (Å²) in [6.07, 6.45) is 0. The van der Waals surface area contributed by atoms with Gasteiger partial charge in [0.1, 0.15) is 5.82 Å². The molecule has 16 heavy (non-hydrogen) atoms. The zero-order valence-electron chi connectivity index (χ0n) is 8.79. The molecule has 0 aliphatic carbocycles. The maximum Gasteiger partial charge on any atom is 0.334 e. The molecule has 0 spiro atoms. The third-order valence-corrected chi connectivity index (χ3v) is 2.53. The van der Waals surface area contributed by atoms with Crippen molar-refractivity contribution in [3.05, 3.63) is 29.6 Å². The molecule has 0 radical (unpaired) electrons. The smallest absolute Gasteiger partial charge is 0.334 e. The monoisotopic (exact) mass is 225 g/mol. The van der Waals surface area contributed by atoms with Crippen LogP contribution in [0.4, 0.5) is 10.1 Å². The van der Waals surface area contributed by atoms with Crippen LogP contribution in [-0.2, 0) is 9.53 Å². The largest absolute Gasteiger partial charge is 0.479 e. The Kier molecular flexibility index (Phi) is 2.55. The van der Waals surface area contributed by atoms with Crippen LogP contribution in [0.5, 0.6) is 0 Å². The van der Waals surface area contributed by atoms with Crippen molar-refractivity contribution in [2.24, 2.45) is 0 Å². The number of carbonyl (C=O) groups is 1. The second-order valence-electron chi connectivity index (χ2n) is 4.02. The second kappa shape index (κ2) is 3.75.